The molecule has 0 aromatic carbocycles. The van der Waals surface area contributed by atoms with Crippen LogP contribution in [0.4, 0.5) is 0 Å². The van der Waals surface area contributed by atoms with Crippen LogP contribution in [0.1, 0.15) is 44.3 Å². The van der Waals surface area contributed by atoms with Gasteiger partial charge >= 0.3 is 0 Å². The first-order valence-corrected chi connectivity index (χ1v) is 6.44. The van der Waals surface area contributed by atoms with E-state index in [1.807, 2.05) is 0 Å². The lowest BCUT2D eigenvalue weighted by Gasteiger charge is -2.30. The average molecular weight is 238 g/mol. The Labute approximate surface area is 102 Å². The fourth-order valence-electron chi connectivity index (χ4n) is 2.25. The number of rotatable bonds is 4. The Morgan fingerprint density at radius 1 is 1.53 bits per heavy atom. The van der Waals surface area contributed by atoms with Crippen LogP contribution in [-0.4, -0.2) is 34.7 Å². The van der Waals surface area contributed by atoms with E-state index in [0.717, 1.165) is 37.9 Å². The zero-order valence-electron chi connectivity index (χ0n) is 10.7. The van der Waals surface area contributed by atoms with Gasteiger partial charge < -0.3 is 10.3 Å². The highest BCUT2D eigenvalue weighted by Crippen LogP contribution is 2.18. The fraction of sp³-hybridized carbons (Fsp3) is 0.833. The van der Waals surface area contributed by atoms with Crippen LogP contribution in [0.3, 0.4) is 0 Å². The van der Waals surface area contributed by atoms with E-state index in [1.165, 1.54) is 12.8 Å². The first-order chi connectivity index (χ1) is 8.19. The van der Waals surface area contributed by atoms with Gasteiger partial charge in [0, 0.05) is 12.5 Å². The molecule has 1 aromatic rings. The summed E-state index contributed by atoms with van der Waals surface area (Å²) < 4.78 is 5.26. The van der Waals surface area contributed by atoms with Gasteiger partial charge in [0.05, 0.1) is 6.54 Å². The van der Waals surface area contributed by atoms with Crippen molar-refractivity contribution in [3.8, 4) is 0 Å². The van der Waals surface area contributed by atoms with Gasteiger partial charge in [-0.15, -0.1) is 0 Å². The second-order valence-corrected chi connectivity index (χ2v) is 5.18. The van der Waals surface area contributed by atoms with E-state index in [-0.39, 0.29) is 0 Å². The maximum Gasteiger partial charge on any atom is 0.240 e. The van der Waals surface area contributed by atoms with Crippen LogP contribution in [-0.2, 0) is 6.54 Å². The van der Waals surface area contributed by atoms with Crippen molar-refractivity contribution in [3.63, 3.8) is 0 Å². The molecule has 5 nitrogen and oxygen atoms in total. The molecular formula is C12H22N4O. The minimum absolute atomic E-state index is 0.325. The Hall–Kier alpha value is -0.940. The van der Waals surface area contributed by atoms with Crippen molar-refractivity contribution in [2.75, 3.05) is 19.6 Å². The third-order valence-electron chi connectivity index (χ3n) is 3.30. The molecule has 0 bridgehead atoms. The summed E-state index contributed by atoms with van der Waals surface area (Å²) in [5.41, 5.74) is 5.72. The van der Waals surface area contributed by atoms with Crippen LogP contribution in [0.2, 0.25) is 0 Å². The highest BCUT2D eigenvalue weighted by Gasteiger charge is 2.20. The average Bonchev–Trinajstić information content (AvgIpc) is 2.78. The molecular weight excluding hydrogens is 216 g/mol. The largest absolute Gasteiger partial charge is 0.338 e. The molecule has 1 aliphatic rings. The van der Waals surface area contributed by atoms with Crippen molar-refractivity contribution in [1.82, 2.24) is 15.0 Å². The van der Waals surface area contributed by atoms with Crippen LogP contribution in [0.15, 0.2) is 4.52 Å². The molecule has 1 atom stereocenters. The van der Waals surface area contributed by atoms with Crippen LogP contribution >= 0.6 is 0 Å². The van der Waals surface area contributed by atoms with E-state index in [1.54, 1.807) is 0 Å². The monoisotopic (exact) mass is 238 g/mol. The smallest absolute Gasteiger partial charge is 0.240 e. The number of piperidine rings is 1. The third-order valence-corrected chi connectivity index (χ3v) is 3.30. The van der Waals surface area contributed by atoms with Gasteiger partial charge in [0.2, 0.25) is 5.89 Å². The molecule has 17 heavy (non-hydrogen) atoms. The van der Waals surface area contributed by atoms with Crippen molar-refractivity contribution < 1.29 is 4.52 Å². The molecule has 1 aromatic heterocycles. The van der Waals surface area contributed by atoms with Crippen LogP contribution < -0.4 is 5.73 Å². The molecule has 5 heteroatoms. The fourth-order valence-corrected chi connectivity index (χ4v) is 2.25. The van der Waals surface area contributed by atoms with Crippen LogP contribution in [0.25, 0.3) is 0 Å². The molecule has 1 saturated heterocycles. The number of nitrogens with two attached hydrogens (primary N) is 1. The highest BCUT2D eigenvalue weighted by molar-refractivity contribution is 4.92. The van der Waals surface area contributed by atoms with Gasteiger partial charge in [-0.2, -0.15) is 4.98 Å². The van der Waals surface area contributed by atoms with Gasteiger partial charge in [0.1, 0.15) is 0 Å². The molecule has 1 aliphatic heterocycles. The summed E-state index contributed by atoms with van der Waals surface area (Å²) in [5, 5.41) is 3.98. The molecule has 2 rings (SSSR count). The Balaban J connectivity index is 1.91. The third kappa shape index (κ3) is 3.26. The van der Waals surface area contributed by atoms with Crippen molar-refractivity contribution in [1.29, 1.82) is 0 Å². The van der Waals surface area contributed by atoms with Crippen LogP contribution in [0, 0.1) is 5.92 Å². The quantitative estimate of drug-likeness (QED) is 0.858. The molecule has 0 aliphatic carbocycles. The SMILES string of the molecule is CC(C)c1noc(CN2CCC[C@H](CN)C2)n1. The molecule has 1 fully saturated rings. The molecule has 0 spiro atoms. The molecule has 0 unspecified atom stereocenters. The van der Waals surface area contributed by atoms with Crippen molar-refractivity contribution in [2.24, 2.45) is 11.7 Å². The first kappa shape index (κ1) is 12.5. The molecule has 2 heterocycles. The number of nitrogens with zero attached hydrogens (tertiary/aromatic N) is 3. The predicted molar refractivity (Wildman–Crippen MR) is 65.4 cm³/mol. The molecule has 0 saturated carbocycles. The van der Waals surface area contributed by atoms with E-state index in [4.69, 9.17) is 10.3 Å². The lowest BCUT2D eigenvalue weighted by Crippen LogP contribution is -2.37. The van der Waals surface area contributed by atoms with E-state index in [0.29, 0.717) is 11.8 Å². The Kier molecular flexibility index (Phi) is 4.12. The zero-order valence-corrected chi connectivity index (χ0v) is 10.7. The minimum Gasteiger partial charge on any atom is -0.338 e. The standard InChI is InChI=1S/C12H22N4O/c1-9(2)12-14-11(17-15-12)8-16-5-3-4-10(6-13)7-16/h9-10H,3-8,13H2,1-2H3/t10-/m1/s1. The summed E-state index contributed by atoms with van der Waals surface area (Å²) in [6.07, 6.45) is 2.46. The summed E-state index contributed by atoms with van der Waals surface area (Å²) in [5.74, 6) is 2.47. The summed E-state index contributed by atoms with van der Waals surface area (Å²) in [4.78, 5) is 6.76. The summed E-state index contributed by atoms with van der Waals surface area (Å²) in [6.45, 7) is 7.83. The lowest BCUT2D eigenvalue weighted by atomic mass is 9.98. The Morgan fingerprint density at radius 3 is 3.00 bits per heavy atom. The zero-order chi connectivity index (χ0) is 12.3. The predicted octanol–water partition coefficient (Wildman–Crippen LogP) is 1.36. The normalized spacial score (nSPS) is 22.2. The number of hydrogen-bond donors (Lipinski definition) is 1. The van der Waals surface area contributed by atoms with Gasteiger partial charge in [0.25, 0.3) is 0 Å². The van der Waals surface area contributed by atoms with Gasteiger partial charge in [0.15, 0.2) is 5.82 Å². The van der Waals surface area contributed by atoms with Gasteiger partial charge in [-0.25, -0.2) is 0 Å². The van der Waals surface area contributed by atoms with E-state index < -0.39 is 0 Å². The number of hydrogen-bond acceptors (Lipinski definition) is 5. The number of likely N-dealkylation sites (tertiary alicyclic amines) is 1. The maximum absolute atomic E-state index is 5.72. The molecule has 96 valence electrons. The highest BCUT2D eigenvalue weighted by atomic mass is 16.5. The molecule has 2 N–H and O–H groups in total. The van der Waals surface area contributed by atoms with Crippen molar-refractivity contribution in [3.05, 3.63) is 11.7 Å². The Bertz CT molecular complexity index is 350. The second-order valence-electron chi connectivity index (χ2n) is 5.18. The molecule has 0 amide bonds. The van der Waals surface area contributed by atoms with Crippen molar-refractivity contribution in [2.45, 2.75) is 39.2 Å². The number of aromatic nitrogens is 2. The van der Waals surface area contributed by atoms with E-state index in [2.05, 4.69) is 28.9 Å². The second kappa shape index (κ2) is 5.60. The van der Waals surface area contributed by atoms with Gasteiger partial charge in [-0.05, 0) is 31.8 Å². The van der Waals surface area contributed by atoms with Crippen LogP contribution in [0.5, 0.6) is 0 Å². The summed E-state index contributed by atoms with van der Waals surface area (Å²) >= 11 is 0. The Morgan fingerprint density at radius 2 is 2.35 bits per heavy atom. The van der Waals surface area contributed by atoms with Gasteiger partial charge in [-0.1, -0.05) is 19.0 Å². The maximum atomic E-state index is 5.72. The molecule has 0 radical (unpaired) electrons. The van der Waals surface area contributed by atoms with E-state index in [9.17, 15) is 0 Å². The minimum atomic E-state index is 0.325. The summed E-state index contributed by atoms with van der Waals surface area (Å²) in [6, 6.07) is 0. The van der Waals surface area contributed by atoms with E-state index >= 15 is 0 Å². The van der Waals surface area contributed by atoms with Gasteiger partial charge in [-0.3, -0.25) is 4.90 Å². The van der Waals surface area contributed by atoms with Crippen molar-refractivity contribution >= 4 is 0 Å². The lowest BCUT2D eigenvalue weighted by molar-refractivity contribution is 0.153. The first-order valence-electron chi connectivity index (χ1n) is 6.44. The topological polar surface area (TPSA) is 68.2 Å². The summed E-state index contributed by atoms with van der Waals surface area (Å²) in [7, 11) is 0.